The summed E-state index contributed by atoms with van der Waals surface area (Å²) in [6.45, 7) is 2.11. The van der Waals surface area contributed by atoms with Gasteiger partial charge in [-0.25, -0.2) is 0 Å². The maximum atomic E-state index is 2.45. The zero-order chi connectivity index (χ0) is 38.4. The Bertz CT molecular complexity index is 2940. The van der Waals surface area contributed by atoms with E-state index in [9.17, 15) is 0 Å². The number of allylic oxidation sites excluding steroid dienone is 1. The Labute approximate surface area is 335 Å². The molecule has 1 aromatic heterocycles. The quantitative estimate of drug-likeness (QED) is 0.154. The van der Waals surface area contributed by atoms with Crippen LogP contribution in [0.3, 0.4) is 0 Å². The van der Waals surface area contributed by atoms with Gasteiger partial charge in [-0.15, -0.1) is 0 Å². The molecule has 10 rings (SSSR count). The Balaban J connectivity index is 0.000000276. The van der Waals surface area contributed by atoms with Crippen molar-refractivity contribution < 1.29 is 0 Å². The highest BCUT2D eigenvalue weighted by atomic mass is 15.0. The van der Waals surface area contributed by atoms with Crippen molar-refractivity contribution in [1.29, 1.82) is 0 Å². The number of aryl methyl sites for hydroxylation is 1. The van der Waals surface area contributed by atoms with Crippen molar-refractivity contribution in [2.24, 2.45) is 0 Å². The average Bonchev–Trinajstić information content (AvgIpc) is 3.62. The van der Waals surface area contributed by atoms with Gasteiger partial charge in [0.1, 0.15) is 0 Å². The van der Waals surface area contributed by atoms with E-state index in [4.69, 9.17) is 0 Å². The van der Waals surface area contributed by atoms with E-state index in [0.717, 1.165) is 6.42 Å². The maximum Gasteiger partial charge on any atom is 0.0619 e. The predicted molar refractivity (Wildman–Crippen MR) is 245 cm³/mol. The largest absolute Gasteiger partial charge is 0.309 e. The predicted octanol–water partition coefficient (Wildman–Crippen LogP) is 15.2. The average molecular weight is 730 g/mol. The fourth-order valence-electron chi connectivity index (χ4n) is 7.79. The van der Waals surface area contributed by atoms with Crippen molar-refractivity contribution in [2.75, 3.05) is 0 Å². The van der Waals surface area contributed by atoms with Gasteiger partial charge in [-0.3, -0.25) is 0 Å². The van der Waals surface area contributed by atoms with Gasteiger partial charge in [0.15, 0.2) is 0 Å². The molecule has 10 aromatic rings. The van der Waals surface area contributed by atoms with Crippen molar-refractivity contribution in [3.05, 3.63) is 241 Å². The molecule has 1 heteroatoms. The van der Waals surface area contributed by atoms with Gasteiger partial charge in [0.25, 0.3) is 0 Å². The molecule has 0 unspecified atom stereocenters. The molecule has 1 heterocycles. The van der Waals surface area contributed by atoms with Gasteiger partial charge >= 0.3 is 0 Å². The molecule has 0 saturated carbocycles. The summed E-state index contributed by atoms with van der Waals surface area (Å²) < 4.78 is 2.45. The van der Waals surface area contributed by atoms with Crippen LogP contribution >= 0.6 is 0 Å². The Morgan fingerprint density at radius 3 is 1.70 bits per heavy atom. The Kier molecular flexibility index (Phi) is 10.1. The first-order chi connectivity index (χ1) is 28.2. The first-order valence-corrected chi connectivity index (χ1v) is 19.7. The van der Waals surface area contributed by atoms with Crippen LogP contribution in [0.4, 0.5) is 0 Å². The molecular formula is C56H43N. The van der Waals surface area contributed by atoms with Crippen LogP contribution in [0, 0.1) is 6.92 Å². The highest BCUT2D eigenvalue weighted by molar-refractivity contribution is 6.19. The van der Waals surface area contributed by atoms with Gasteiger partial charge in [0.2, 0.25) is 0 Å². The third-order valence-electron chi connectivity index (χ3n) is 10.8. The summed E-state index contributed by atoms with van der Waals surface area (Å²) >= 11 is 0. The molecule has 0 spiro atoms. The van der Waals surface area contributed by atoms with Gasteiger partial charge in [0.05, 0.1) is 11.0 Å². The lowest BCUT2D eigenvalue weighted by molar-refractivity contribution is 1.19. The first kappa shape index (κ1) is 35.5. The van der Waals surface area contributed by atoms with Crippen LogP contribution in [0.15, 0.2) is 224 Å². The monoisotopic (exact) mass is 729 g/mol. The van der Waals surface area contributed by atoms with Crippen LogP contribution in [-0.4, -0.2) is 4.57 Å². The molecule has 0 atom stereocenters. The molecule has 1 nitrogen and oxygen atoms in total. The van der Waals surface area contributed by atoms with Gasteiger partial charge in [-0.05, 0) is 87.5 Å². The molecule has 0 aliphatic carbocycles. The molecule has 57 heavy (non-hydrogen) atoms. The third-order valence-corrected chi connectivity index (χ3v) is 10.8. The number of hydrogen-bond donors (Lipinski definition) is 0. The van der Waals surface area contributed by atoms with Gasteiger partial charge in [-0.1, -0.05) is 212 Å². The minimum Gasteiger partial charge on any atom is -0.309 e. The zero-order valence-corrected chi connectivity index (χ0v) is 32.1. The molecule has 0 aliphatic heterocycles. The number of hydrogen-bond acceptors (Lipinski definition) is 0. The number of nitrogens with zero attached hydrogens (tertiary/aromatic N) is 1. The third kappa shape index (κ3) is 7.70. The lowest BCUT2D eigenvalue weighted by Gasteiger charge is -2.12. The van der Waals surface area contributed by atoms with Crippen molar-refractivity contribution in [2.45, 2.75) is 13.3 Å². The molecular weight excluding hydrogens is 687 g/mol. The number of aromatic nitrogens is 1. The van der Waals surface area contributed by atoms with Crippen LogP contribution < -0.4 is 0 Å². The van der Waals surface area contributed by atoms with E-state index in [1.165, 1.54) is 88.3 Å². The molecule has 0 amide bonds. The Morgan fingerprint density at radius 2 is 0.965 bits per heavy atom. The highest BCUT2D eigenvalue weighted by Gasteiger charge is 2.16. The lowest BCUT2D eigenvalue weighted by atomic mass is 10.0. The Morgan fingerprint density at radius 1 is 0.404 bits per heavy atom. The minimum atomic E-state index is 0.937. The Hall–Kier alpha value is -7.22. The molecule has 0 bridgehead atoms. The molecule has 0 radical (unpaired) electrons. The standard InChI is InChI=1S/C43H31N.C13H12/c1-3-11-31(12-4-1)13-9-14-32-21-23-34(24-22-32)37-26-28-42-41(30-37)40-27-25-35-17-7-8-20-39(35)43(40)44(42)38-19-10-18-36(29-38)33-15-5-2-6-16-33;1-11-7-9-13(10-8-11)12-5-3-2-4-6-12/h1-12,14-30H,13H2;2-10H,1H3/b14-9+;. The lowest BCUT2D eigenvalue weighted by Crippen LogP contribution is -1.95. The highest BCUT2D eigenvalue weighted by Crippen LogP contribution is 2.39. The molecule has 9 aromatic carbocycles. The summed E-state index contributed by atoms with van der Waals surface area (Å²) in [4.78, 5) is 0. The van der Waals surface area contributed by atoms with Gasteiger partial charge in [0, 0.05) is 21.8 Å². The van der Waals surface area contributed by atoms with E-state index in [1.807, 2.05) is 6.07 Å². The molecule has 0 saturated heterocycles. The van der Waals surface area contributed by atoms with Crippen LogP contribution in [0.5, 0.6) is 0 Å². The summed E-state index contributed by atoms with van der Waals surface area (Å²) in [6, 6.07) is 78.3. The normalized spacial score (nSPS) is 11.2. The van der Waals surface area contributed by atoms with Crippen molar-refractivity contribution in [3.63, 3.8) is 0 Å². The fourth-order valence-corrected chi connectivity index (χ4v) is 7.79. The van der Waals surface area contributed by atoms with E-state index < -0.39 is 0 Å². The first-order valence-electron chi connectivity index (χ1n) is 19.7. The minimum absolute atomic E-state index is 0.937. The molecule has 0 aliphatic rings. The van der Waals surface area contributed by atoms with Gasteiger partial charge in [-0.2, -0.15) is 0 Å². The number of benzene rings is 9. The second-order valence-electron chi connectivity index (χ2n) is 14.6. The van der Waals surface area contributed by atoms with Crippen LogP contribution in [0.25, 0.3) is 77.7 Å². The van der Waals surface area contributed by atoms with Gasteiger partial charge < -0.3 is 4.57 Å². The summed E-state index contributed by atoms with van der Waals surface area (Å²) in [5, 5.41) is 5.05. The van der Waals surface area contributed by atoms with Crippen LogP contribution in [-0.2, 0) is 6.42 Å². The second-order valence-corrected chi connectivity index (χ2v) is 14.6. The fraction of sp³-hybridized carbons (Fsp3) is 0.0357. The smallest absolute Gasteiger partial charge is 0.0619 e. The summed E-state index contributed by atoms with van der Waals surface area (Å²) in [7, 11) is 0. The number of fused-ring (bicyclic) bond motifs is 5. The van der Waals surface area contributed by atoms with E-state index in [2.05, 4.69) is 236 Å². The molecule has 0 fully saturated rings. The SMILES string of the molecule is C(=C\c1ccc(-c2ccc3c(c2)c2ccc4ccccc4c2n3-c2cccc(-c3ccccc3)c2)cc1)/Cc1ccccc1.Cc1ccc(-c2ccccc2)cc1. The van der Waals surface area contributed by atoms with E-state index >= 15 is 0 Å². The summed E-state index contributed by atoms with van der Waals surface area (Å²) in [5.74, 6) is 0. The van der Waals surface area contributed by atoms with Crippen molar-refractivity contribution in [3.8, 4) is 39.1 Å². The topological polar surface area (TPSA) is 4.93 Å². The summed E-state index contributed by atoms with van der Waals surface area (Å²) in [5.41, 5.74) is 14.9. The second kappa shape index (κ2) is 16.3. The van der Waals surface area contributed by atoms with E-state index in [-0.39, 0.29) is 0 Å². The van der Waals surface area contributed by atoms with Crippen LogP contribution in [0.2, 0.25) is 0 Å². The maximum absolute atomic E-state index is 2.45. The number of rotatable bonds is 7. The molecule has 272 valence electrons. The van der Waals surface area contributed by atoms with Crippen LogP contribution in [0.1, 0.15) is 16.7 Å². The van der Waals surface area contributed by atoms with E-state index in [1.54, 1.807) is 0 Å². The van der Waals surface area contributed by atoms with E-state index in [0.29, 0.717) is 0 Å². The zero-order valence-electron chi connectivity index (χ0n) is 32.1. The molecule has 0 N–H and O–H groups in total. The van der Waals surface area contributed by atoms with Crippen molar-refractivity contribution in [1.82, 2.24) is 4.57 Å². The van der Waals surface area contributed by atoms with Crippen molar-refractivity contribution >= 4 is 38.7 Å². The summed E-state index contributed by atoms with van der Waals surface area (Å²) in [6.07, 6.45) is 5.39.